The molecule has 4 rings (SSSR count). The predicted molar refractivity (Wildman–Crippen MR) is 109 cm³/mol. The van der Waals surface area contributed by atoms with E-state index < -0.39 is 0 Å². The summed E-state index contributed by atoms with van der Waals surface area (Å²) in [4.78, 5) is 17.9. The zero-order valence-electron chi connectivity index (χ0n) is 15.6. The molecule has 0 saturated carbocycles. The third kappa shape index (κ3) is 4.32. The minimum absolute atomic E-state index is 0.246. The fourth-order valence-electron chi connectivity index (χ4n) is 3.42. The van der Waals surface area contributed by atoms with E-state index in [0.29, 0.717) is 18.3 Å². The van der Waals surface area contributed by atoms with E-state index in [1.807, 2.05) is 18.2 Å². The molecule has 1 aliphatic heterocycles. The van der Waals surface area contributed by atoms with E-state index in [2.05, 4.69) is 61.3 Å². The molecule has 3 aromatic rings. The summed E-state index contributed by atoms with van der Waals surface area (Å²) < 4.78 is 0. The van der Waals surface area contributed by atoms with Crippen molar-refractivity contribution in [2.75, 3.05) is 43.8 Å². The molecule has 2 aromatic carbocycles. The molecule has 27 heavy (non-hydrogen) atoms. The predicted octanol–water partition coefficient (Wildman–Crippen LogP) is 2.49. The Labute approximate surface area is 159 Å². The first-order valence-corrected chi connectivity index (χ1v) is 9.40. The van der Waals surface area contributed by atoms with Crippen molar-refractivity contribution in [2.45, 2.75) is 13.5 Å². The Bertz CT molecular complexity index is 919. The average molecular weight is 363 g/mol. The lowest BCUT2D eigenvalue weighted by molar-refractivity contribution is 0.129. The van der Waals surface area contributed by atoms with Gasteiger partial charge in [0.05, 0.1) is 6.54 Å². The van der Waals surface area contributed by atoms with Gasteiger partial charge in [0.15, 0.2) is 0 Å². The second-order valence-corrected chi connectivity index (χ2v) is 6.83. The van der Waals surface area contributed by atoms with Crippen LogP contribution in [0, 0.1) is 0 Å². The molecule has 3 N–H and O–H groups in total. The molecule has 2 heterocycles. The number of likely N-dealkylation sites (N-methyl/N-ethyl adjacent to an activating group) is 1. The minimum atomic E-state index is 0.246. The minimum Gasteiger partial charge on any atom is -0.368 e. The first-order valence-electron chi connectivity index (χ1n) is 9.40. The van der Waals surface area contributed by atoms with E-state index in [0.717, 1.165) is 38.4 Å². The average Bonchev–Trinajstić information content (AvgIpc) is 2.68. The number of piperazine rings is 1. The molecule has 1 aliphatic rings. The van der Waals surface area contributed by atoms with Gasteiger partial charge in [-0.1, -0.05) is 37.3 Å². The molecule has 7 heteroatoms. The van der Waals surface area contributed by atoms with E-state index in [9.17, 15) is 0 Å². The van der Waals surface area contributed by atoms with Crippen LogP contribution in [0.25, 0.3) is 10.8 Å². The Morgan fingerprint density at radius 1 is 0.926 bits per heavy atom. The van der Waals surface area contributed by atoms with Gasteiger partial charge < -0.3 is 16.0 Å². The number of aromatic nitrogens is 3. The van der Waals surface area contributed by atoms with Crippen molar-refractivity contribution in [2.24, 2.45) is 0 Å². The number of hydrogen-bond donors (Lipinski definition) is 2. The molecule has 1 aromatic heterocycles. The third-order valence-electron chi connectivity index (χ3n) is 4.98. The van der Waals surface area contributed by atoms with Gasteiger partial charge in [0.1, 0.15) is 5.82 Å². The molecule has 0 amide bonds. The maximum absolute atomic E-state index is 5.92. The second kappa shape index (κ2) is 7.85. The van der Waals surface area contributed by atoms with Crippen LogP contribution in [0.2, 0.25) is 0 Å². The molecule has 0 bridgehead atoms. The van der Waals surface area contributed by atoms with E-state index in [4.69, 9.17) is 5.73 Å². The highest BCUT2D eigenvalue weighted by molar-refractivity contribution is 5.86. The van der Waals surface area contributed by atoms with Crippen LogP contribution < -0.4 is 11.1 Å². The summed E-state index contributed by atoms with van der Waals surface area (Å²) in [5.74, 6) is 1.44. The van der Waals surface area contributed by atoms with Crippen LogP contribution >= 0.6 is 0 Å². The number of nitrogens with two attached hydrogens (primary N) is 1. The Morgan fingerprint density at radius 2 is 1.67 bits per heavy atom. The highest BCUT2D eigenvalue weighted by Gasteiger charge is 2.17. The van der Waals surface area contributed by atoms with Crippen LogP contribution in [-0.4, -0.2) is 57.5 Å². The lowest BCUT2D eigenvalue weighted by Crippen LogP contribution is -2.45. The van der Waals surface area contributed by atoms with E-state index in [1.54, 1.807) is 0 Å². The maximum Gasteiger partial charge on any atom is 0.232 e. The topological polar surface area (TPSA) is 83.2 Å². The van der Waals surface area contributed by atoms with Gasteiger partial charge in [-0.15, -0.1) is 0 Å². The van der Waals surface area contributed by atoms with Gasteiger partial charge in [-0.3, -0.25) is 4.90 Å². The lowest BCUT2D eigenvalue weighted by Gasteiger charge is -2.33. The van der Waals surface area contributed by atoms with Crippen LogP contribution in [0.15, 0.2) is 42.5 Å². The van der Waals surface area contributed by atoms with Crippen molar-refractivity contribution in [1.82, 2.24) is 24.8 Å². The zero-order valence-corrected chi connectivity index (χ0v) is 15.6. The van der Waals surface area contributed by atoms with Gasteiger partial charge in [-0.25, -0.2) is 0 Å². The van der Waals surface area contributed by atoms with Crippen LogP contribution in [0.4, 0.5) is 17.6 Å². The summed E-state index contributed by atoms with van der Waals surface area (Å²) >= 11 is 0. The van der Waals surface area contributed by atoms with Gasteiger partial charge >= 0.3 is 0 Å². The van der Waals surface area contributed by atoms with Gasteiger partial charge in [0, 0.05) is 31.9 Å². The fraction of sp³-hybridized carbons (Fsp3) is 0.350. The van der Waals surface area contributed by atoms with E-state index in [-0.39, 0.29) is 5.95 Å². The van der Waals surface area contributed by atoms with E-state index in [1.165, 1.54) is 10.8 Å². The normalized spacial score (nSPS) is 15.9. The molecule has 0 unspecified atom stereocenters. The van der Waals surface area contributed by atoms with Crippen LogP contribution in [0.3, 0.4) is 0 Å². The molecular weight excluding hydrogens is 338 g/mol. The molecule has 1 saturated heterocycles. The summed E-state index contributed by atoms with van der Waals surface area (Å²) in [6, 6.07) is 14.4. The number of nitrogens with zero attached hydrogens (tertiary/aromatic N) is 5. The van der Waals surface area contributed by atoms with Gasteiger partial charge in [-0.2, -0.15) is 15.0 Å². The van der Waals surface area contributed by atoms with Crippen LogP contribution in [0.1, 0.15) is 12.7 Å². The van der Waals surface area contributed by atoms with Crippen LogP contribution in [-0.2, 0) is 6.54 Å². The summed E-state index contributed by atoms with van der Waals surface area (Å²) in [5, 5.41) is 5.63. The van der Waals surface area contributed by atoms with Gasteiger partial charge in [0.25, 0.3) is 0 Å². The summed E-state index contributed by atoms with van der Waals surface area (Å²) in [5.41, 5.74) is 6.86. The Hall–Kier alpha value is -2.77. The smallest absolute Gasteiger partial charge is 0.232 e. The maximum atomic E-state index is 5.92. The van der Waals surface area contributed by atoms with Crippen molar-refractivity contribution in [1.29, 1.82) is 0 Å². The first kappa shape index (κ1) is 17.6. The number of hydrogen-bond acceptors (Lipinski definition) is 7. The van der Waals surface area contributed by atoms with Crippen molar-refractivity contribution >= 4 is 28.4 Å². The molecule has 140 valence electrons. The fourth-order valence-corrected chi connectivity index (χ4v) is 3.42. The monoisotopic (exact) mass is 363 g/mol. The summed E-state index contributed by atoms with van der Waals surface area (Å²) in [7, 11) is 0. The molecule has 1 fully saturated rings. The highest BCUT2D eigenvalue weighted by atomic mass is 15.3. The van der Waals surface area contributed by atoms with Gasteiger partial charge in [0.2, 0.25) is 11.9 Å². The van der Waals surface area contributed by atoms with Crippen molar-refractivity contribution in [3.8, 4) is 0 Å². The van der Waals surface area contributed by atoms with E-state index >= 15 is 0 Å². The number of fused-ring (bicyclic) bond motifs is 1. The number of rotatable bonds is 5. The summed E-state index contributed by atoms with van der Waals surface area (Å²) in [6.45, 7) is 8.20. The van der Waals surface area contributed by atoms with Gasteiger partial charge in [-0.05, 0) is 29.4 Å². The second-order valence-electron chi connectivity index (χ2n) is 6.83. The highest BCUT2D eigenvalue weighted by Crippen LogP contribution is 2.21. The number of nitrogen functional groups attached to an aromatic ring is 1. The van der Waals surface area contributed by atoms with Crippen LogP contribution in [0.5, 0.6) is 0 Å². The number of nitrogens with one attached hydrogen (secondary N) is 1. The number of anilines is 3. The first-order chi connectivity index (χ1) is 13.2. The molecule has 0 aliphatic carbocycles. The third-order valence-corrected chi connectivity index (χ3v) is 4.98. The Kier molecular flexibility index (Phi) is 5.13. The van der Waals surface area contributed by atoms with Crippen molar-refractivity contribution in [3.05, 3.63) is 48.3 Å². The molecule has 0 spiro atoms. The molecule has 7 nitrogen and oxygen atoms in total. The Morgan fingerprint density at radius 3 is 2.44 bits per heavy atom. The summed E-state index contributed by atoms with van der Waals surface area (Å²) in [6.07, 6.45) is 0. The largest absolute Gasteiger partial charge is 0.368 e. The SMILES string of the molecule is CCN1CCN(Cc2nc(N)nc(Nc3ccc4ccccc4c3)n2)CC1. The standard InChI is InChI=1S/C20H25N7/c1-2-26-9-11-27(12-10-26)14-18-23-19(21)25-20(24-18)22-17-8-7-15-5-3-4-6-16(15)13-17/h3-8,13H,2,9-12,14H2,1H3,(H3,21,22,23,24,25). The van der Waals surface area contributed by atoms with Crippen molar-refractivity contribution < 1.29 is 0 Å². The lowest BCUT2D eigenvalue weighted by atomic mass is 10.1. The Balaban J connectivity index is 1.48. The molecule has 0 radical (unpaired) electrons. The molecular formula is C20H25N7. The zero-order chi connectivity index (χ0) is 18.6. The quantitative estimate of drug-likeness (QED) is 0.720. The van der Waals surface area contributed by atoms with Crippen molar-refractivity contribution in [3.63, 3.8) is 0 Å². The molecule has 0 atom stereocenters. The number of benzene rings is 2.